The van der Waals surface area contributed by atoms with Crippen molar-refractivity contribution in [2.75, 3.05) is 13.1 Å². The van der Waals surface area contributed by atoms with Crippen LogP contribution in [0.25, 0.3) is 11.0 Å². The molecule has 2 aromatic heterocycles. The number of hydrogen-bond donors (Lipinski definition) is 1. The van der Waals surface area contributed by atoms with Gasteiger partial charge < -0.3 is 19.1 Å². The largest absolute Gasteiger partial charge is 0.459 e. The lowest BCUT2D eigenvalue weighted by atomic mass is 10.0. The highest BCUT2D eigenvalue weighted by molar-refractivity contribution is 5.99. The molecule has 1 aliphatic heterocycles. The van der Waals surface area contributed by atoms with E-state index >= 15 is 0 Å². The smallest absolute Gasteiger partial charge is 0.289 e. The summed E-state index contributed by atoms with van der Waals surface area (Å²) in [6, 6.07) is 5.95. The Labute approximate surface area is 161 Å². The average Bonchev–Trinajstić information content (AvgIpc) is 3.25. The Morgan fingerprint density at radius 2 is 1.89 bits per heavy atom. The van der Waals surface area contributed by atoms with Gasteiger partial charge in [0.05, 0.1) is 6.26 Å². The van der Waals surface area contributed by atoms with E-state index in [9.17, 15) is 14.0 Å². The number of rotatable bonds is 3. The molecule has 1 aliphatic rings. The Morgan fingerprint density at radius 1 is 1.14 bits per heavy atom. The molecule has 1 fully saturated rings. The lowest BCUT2D eigenvalue weighted by Crippen LogP contribution is -2.46. The number of carbonyl (C=O) groups excluding carboxylic acids is 2. The van der Waals surface area contributed by atoms with Gasteiger partial charge in [-0.25, -0.2) is 4.39 Å². The topological polar surface area (TPSA) is 75.7 Å². The highest BCUT2D eigenvalue weighted by atomic mass is 19.1. The van der Waals surface area contributed by atoms with Gasteiger partial charge in [-0.05, 0) is 51.0 Å². The molecule has 1 saturated heterocycles. The van der Waals surface area contributed by atoms with Gasteiger partial charge in [-0.3, -0.25) is 9.59 Å². The predicted molar refractivity (Wildman–Crippen MR) is 101 cm³/mol. The molecule has 6 nitrogen and oxygen atoms in total. The number of benzene rings is 1. The first-order valence-electron chi connectivity index (χ1n) is 9.27. The summed E-state index contributed by atoms with van der Waals surface area (Å²) in [7, 11) is 0. The third kappa shape index (κ3) is 3.28. The van der Waals surface area contributed by atoms with Crippen molar-refractivity contribution in [3.8, 4) is 0 Å². The summed E-state index contributed by atoms with van der Waals surface area (Å²) in [5, 5.41) is 3.58. The molecule has 28 heavy (non-hydrogen) atoms. The quantitative estimate of drug-likeness (QED) is 0.745. The van der Waals surface area contributed by atoms with Crippen molar-refractivity contribution < 1.29 is 22.8 Å². The number of likely N-dealkylation sites (tertiary alicyclic amines) is 1. The number of nitrogens with one attached hydrogen (secondary N) is 1. The Kier molecular flexibility index (Phi) is 4.66. The van der Waals surface area contributed by atoms with Crippen LogP contribution in [-0.4, -0.2) is 35.8 Å². The van der Waals surface area contributed by atoms with E-state index in [4.69, 9.17) is 8.83 Å². The predicted octanol–water partition coefficient (Wildman–Crippen LogP) is 3.82. The zero-order chi connectivity index (χ0) is 19.8. The third-order valence-corrected chi connectivity index (χ3v) is 5.28. The summed E-state index contributed by atoms with van der Waals surface area (Å²) in [5.41, 5.74) is 1.93. The standard InChI is InChI=1S/C21H21FN2O4/c1-12-7-10-27-18(12)20(25)23-15-5-8-24(9-6-15)21(26)19-13(2)16-11-14(22)3-4-17(16)28-19/h3-4,7,10-11,15H,5-6,8-9H2,1-2H3,(H,23,25). The minimum Gasteiger partial charge on any atom is -0.459 e. The highest BCUT2D eigenvalue weighted by Crippen LogP contribution is 2.27. The van der Waals surface area contributed by atoms with Crippen molar-refractivity contribution in [2.45, 2.75) is 32.7 Å². The summed E-state index contributed by atoms with van der Waals surface area (Å²) < 4.78 is 24.4. The van der Waals surface area contributed by atoms with Gasteiger partial charge >= 0.3 is 0 Å². The molecule has 0 atom stereocenters. The summed E-state index contributed by atoms with van der Waals surface area (Å²) in [5.74, 6) is -0.236. The fourth-order valence-corrected chi connectivity index (χ4v) is 3.62. The first-order valence-corrected chi connectivity index (χ1v) is 9.27. The van der Waals surface area contributed by atoms with Crippen molar-refractivity contribution in [3.63, 3.8) is 0 Å². The molecule has 1 N–H and O–H groups in total. The molecule has 3 aromatic rings. The van der Waals surface area contributed by atoms with Gasteiger partial charge in [0.1, 0.15) is 11.4 Å². The van der Waals surface area contributed by atoms with Crippen LogP contribution in [0.2, 0.25) is 0 Å². The molecule has 3 heterocycles. The second-order valence-electron chi connectivity index (χ2n) is 7.17. The van der Waals surface area contributed by atoms with Gasteiger partial charge in [0.15, 0.2) is 11.5 Å². The average molecular weight is 384 g/mol. The molecule has 146 valence electrons. The van der Waals surface area contributed by atoms with E-state index < -0.39 is 0 Å². The molecule has 0 radical (unpaired) electrons. The molecule has 0 spiro atoms. The highest BCUT2D eigenvalue weighted by Gasteiger charge is 2.29. The van der Waals surface area contributed by atoms with E-state index in [0.717, 1.165) is 5.56 Å². The van der Waals surface area contributed by atoms with Gasteiger partial charge in [-0.15, -0.1) is 0 Å². The number of amides is 2. The molecule has 0 bridgehead atoms. The number of halogens is 1. The van der Waals surface area contributed by atoms with E-state index in [1.165, 1.54) is 24.5 Å². The Morgan fingerprint density at radius 3 is 2.57 bits per heavy atom. The van der Waals surface area contributed by atoms with Crippen LogP contribution < -0.4 is 5.32 Å². The van der Waals surface area contributed by atoms with Crippen molar-refractivity contribution >= 4 is 22.8 Å². The van der Waals surface area contributed by atoms with Crippen LogP contribution in [0.5, 0.6) is 0 Å². The van der Waals surface area contributed by atoms with E-state index in [-0.39, 0.29) is 29.4 Å². The van der Waals surface area contributed by atoms with Crippen LogP contribution in [0.1, 0.15) is 45.1 Å². The van der Waals surface area contributed by atoms with Crippen molar-refractivity contribution in [1.82, 2.24) is 10.2 Å². The van der Waals surface area contributed by atoms with Gasteiger partial charge in [-0.1, -0.05) is 0 Å². The maximum atomic E-state index is 13.5. The van der Waals surface area contributed by atoms with Gasteiger partial charge in [0, 0.05) is 35.6 Å². The normalized spacial score (nSPS) is 15.2. The molecule has 1 aromatic carbocycles. The first kappa shape index (κ1) is 18.3. The minimum absolute atomic E-state index is 0.0214. The molecular weight excluding hydrogens is 363 g/mol. The van der Waals surface area contributed by atoms with Crippen molar-refractivity contribution in [2.24, 2.45) is 0 Å². The van der Waals surface area contributed by atoms with E-state index in [1.54, 1.807) is 17.9 Å². The van der Waals surface area contributed by atoms with E-state index in [1.807, 2.05) is 6.92 Å². The zero-order valence-electron chi connectivity index (χ0n) is 15.8. The zero-order valence-corrected chi connectivity index (χ0v) is 15.8. The number of carbonyl (C=O) groups is 2. The maximum Gasteiger partial charge on any atom is 0.289 e. The summed E-state index contributed by atoms with van der Waals surface area (Å²) >= 11 is 0. The lowest BCUT2D eigenvalue weighted by molar-refractivity contribution is 0.0666. The van der Waals surface area contributed by atoms with Gasteiger partial charge in [-0.2, -0.15) is 0 Å². The number of aryl methyl sites for hydroxylation is 2. The van der Waals surface area contributed by atoms with Crippen LogP contribution in [0.4, 0.5) is 4.39 Å². The summed E-state index contributed by atoms with van der Waals surface area (Å²) in [4.78, 5) is 26.9. The number of hydrogen-bond acceptors (Lipinski definition) is 4. The van der Waals surface area contributed by atoms with Crippen LogP contribution in [0.3, 0.4) is 0 Å². The van der Waals surface area contributed by atoms with E-state index in [2.05, 4.69) is 5.32 Å². The molecular formula is C21H21FN2O4. The first-order chi connectivity index (χ1) is 13.4. The number of piperidine rings is 1. The van der Waals surface area contributed by atoms with Crippen LogP contribution in [0.15, 0.2) is 39.4 Å². The fourth-order valence-electron chi connectivity index (χ4n) is 3.62. The molecule has 0 aliphatic carbocycles. The van der Waals surface area contributed by atoms with Crippen LogP contribution in [0, 0.1) is 19.7 Å². The number of fused-ring (bicyclic) bond motifs is 1. The molecule has 7 heteroatoms. The Bertz CT molecular complexity index is 1040. The van der Waals surface area contributed by atoms with Crippen LogP contribution >= 0.6 is 0 Å². The molecule has 2 amide bonds. The fraction of sp³-hybridized carbons (Fsp3) is 0.333. The summed E-state index contributed by atoms with van der Waals surface area (Å²) in [6.07, 6.45) is 2.78. The monoisotopic (exact) mass is 384 g/mol. The Hall–Kier alpha value is -3.09. The molecule has 0 unspecified atom stereocenters. The number of nitrogens with zero attached hydrogens (tertiary/aromatic N) is 1. The van der Waals surface area contributed by atoms with Crippen LogP contribution in [-0.2, 0) is 0 Å². The second-order valence-corrected chi connectivity index (χ2v) is 7.17. The van der Waals surface area contributed by atoms with Gasteiger partial charge in [0.2, 0.25) is 0 Å². The lowest BCUT2D eigenvalue weighted by Gasteiger charge is -2.31. The minimum atomic E-state index is -0.362. The third-order valence-electron chi connectivity index (χ3n) is 5.28. The van der Waals surface area contributed by atoms with Crippen molar-refractivity contribution in [3.05, 3.63) is 59.0 Å². The van der Waals surface area contributed by atoms with Gasteiger partial charge in [0.25, 0.3) is 11.8 Å². The maximum absolute atomic E-state index is 13.5. The molecule has 4 rings (SSSR count). The SMILES string of the molecule is Cc1ccoc1C(=O)NC1CCN(C(=O)c2oc3ccc(F)cc3c2C)CC1. The van der Waals surface area contributed by atoms with E-state index in [0.29, 0.717) is 48.2 Å². The number of furan rings is 2. The molecule has 0 saturated carbocycles. The Balaban J connectivity index is 1.41. The summed E-state index contributed by atoms with van der Waals surface area (Å²) in [6.45, 7) is 4.59. The second kappa shape index (κ2) is 7.14. The van der Waals surface area contributed by atoms with Crippen molar-refractivity contribution in [1.29, 1.82) is 0 Å².